The number of amides is 1. The fourth-order valence-electron chi connectivity index (χ4n) is 5.97. The third-order valence-corrected chi connectivity index (χ3v) is 8.38. The Kier molecular flexibility index (Phi) is 6.53. The van der Waals surface area contributed by atoms with Gasteiger partial charge < -0.3 is 9.80 Å². The Morgan fingerprint density at radius 1 is 1.07 bits per heavy atom. The van der Waals surface area contributed by atoms with Gasteiger partial charge in [-0.1, -0.05) is 11.6 Å². The van der Waals surface area contributed by atoms with Crippen molar-refractivity contribution in [2.75, 3.05) is 32.1 Å². The topological polar surface area (TPSA) is 70.4 Å². The summed E-state index contributed by atoms with van der Waals surface area (Å²) in [5, 5.41) is 9.73. The average molecular weight is 578 g/mol. The van der Waals surface area contributed by atoms with E-state index in [0.717, 1.165) is 41.8 Å². The molecule has 0 atom stereocenters. The Hall–Kier alpha value is -3.25. The van der Waals surface area contributed by atoms with Crippen LogP contribution in [0.3, 0.4) is 0 Å². The number of pyridine rings is 1. The minimum absolute atomic E-state index is 0.00611. The average Bonchev–Trinajstić information content (AvgIpc) is 3.65. The van der Waals surface area contributed by atoms with Gasteiger partial charge in [-0.15, -0.1) is 10.2 Å². The first-order valence-corrected chi connectivity index (χ1v) is 13.5. The first-order valence-electron chi connectivity index (χ1n) is 13.2. The molecule has 2 aliphatic heterocycles. The van der Waals surface area contributed by atoms with E-state index in [2.05, 4.69) is 24.6 Å². The molecule has 3 aromatic rings. The van der Waals surface area contributed by atoms with Crippen molar-refractivity contribution < 1.29 is 22.4 Å². The number of fused-ring (bicyclic) bond motifs is 3. The quantitative estimate of drug-likeness (QED) is 0.415. The molecular weight excluding hydrogens is 550 g/mol. The SMILES string of the molecule is CN(C)C(=O)C1(N2Cc3cc(Cl)ccc3-n3c(nnc3C3CCN(c4ccc(F)c(C(F)(F)F)n4)CC3)C2)CC1. The second kappa shape index (κ2) is 9.69. The summed E-state index contributed by atoms with van der Waals surface area (Å²) < 4.78 is 55.4. The number of anilines is 1. The van der Waals surface area contributed by atoms with Crippen molar-refractivity contribution >= 4 is 23.3 Å². The van der Waals surface area contributed by atoms with Gasteiger partial charge in [-0.05, 0) is 61.6 Å². The van der Waals surface area contributed by atoms with Crippen molar-refractivity contribution in [3.05, 3.63) is 64.1 Å². The number of piperidine rings is 1. The smallest absolute Gasteiger partial charge is 0.357 e. The van der Waals surface area contributed by atoms with Crippen LogP contribution >= 0.6 is 11.6 Å². The summed E-state index contributed by atoms with van der Waals surface area (Å²) >= 11 is 6.39. The maximum Gasteiger partial charge on any atom is 0.436 e. The highest BCUT2D eigenvalue weighted by molar-refractivity contribution is 6.30. The molecule has 0 N–H and O–H groups in total. The zero-order chi connectivity index (χ0) is 28.4. The lowest BCUT2D eigenvalue weighted by Crippen LogP contribution is -2.48. The van der Waals surface area contributed by atoms with Crippen molar-refractivity contribution in [1.29, 1.82) is 0 Å². The van der Waals surface area contributed by atoms with Crippen molar-refractivity contribution in [2.24, 2.45) is 0 Å². The number of hydrogen-bond donors (Lipinski definition) is 0. The van der Waals surface area contributed by atoms with Crippen LogP contribution in [0.2, 0.25) is 5.02 Å². The highest BCUT2D eigenvalue weighted by atomic mass is 35.5. The molecule has 13 heteroatoms. The minimum Gasteiger partial charge on any atom is -0.357 e. The van der Waals surface area contributed by atoms with E-state index in [0.29, 0.717) is 44.0 Å². The molecule has 3 aliphatic rings. The van der Waals surface area contributed by atoms with Gasteiger partial charge in [-0.3, -0.25) is 14.3 Å². The molecule has 2 aromatic heterocycles. The lowest BCUT2D eigenvalue weighted by molar-refractivity contribution is -0.143. The monoisotopic (exact) mass is 577 g/mol. The molecule has 40 heavy (non-hydrogen) atoms. The third kappa shape index (κ3) is 4.60. The van der Waals surface area contributed by atoms with Crippen LogP contribution in [0.15, 0.2) is 30.3 Å². The molecule has 1 aromatic carbocycles. The molecule has 212 valence electrons. The number of carbonyl (C=O) groups excluding carboxylic acids is 1. The molecule has 0 unspecified atom stereocenters. The molecule has 0 spiro atoms. The molecule has 4 heterocycles. The molecule has 8 nitrogen and oxygen atoms in total. The van der Waals surface area contributed by atoms with Crippen molar-refractivity contribution in [2.45, 2.75) is 56.4 Å². The van der Waals surface area contributed by atoms with Crippen LogP contribution < -0.4 is 4.90 Å². The van der Waals surface area contributed by atoms with Crippen molar-refractivity contribution in [3.63, 3.8) is 0 Å². The van der Waals surface area contributed by atoms with Gasteiger partial charge in [-0.2, -0.15) is 13.2 Å². The van der Waals surface area contributed by atoms with Gasteiger partial charge in [0.2, 0.25) is 5.91 Å². The molecule has 1 aliphatic carbocycles. The Morgan fingerprint density at radius 3 is 2.45 bits per heavy atom. The summed E-state index contributed by atoms with van der Waals surface area (Å²) in [4.78, 5) is 22.3. The van der Waals surface area contributed by atoms with Gasteiger partial charge in [0.1, 0.15) is 17.2 Å². The predicted molar refractivity (Wildman–Crippen MR) is 140 cm³/mol. The summed E-state index contributed by atoms with van der Waals surface area (Å²) in [5.74, 6) is 0.278. The summed E-state index contributed by atoms with van der Waals surface area (Å²) in [5.41, 5.74) is -0.200. The normalized spacial score (nSPS) is 19.1. The van der Waals surface area contributed by atoms with Crippen LogP contribution in [0.5, 0.6) is 0 Å². The highest BCUT2D eigenvalue weighted by Gasteiger charge is 2.56. The highest BCUT2D eigenvalue weighted by Crippen LogP contribution is 2.46. The predicted octanol–water partition coefficient (Wildman–Crippen LogP) is 4.79. The first kappa shape index (κ1) is 26.9. The maximum absolute atomic E-state index is 13.8. The van der Waals surface area contributed by atoms with E-state index >= 15 is 0 Å². The van der Waals surface area contributed by atoms with Gasteiger partial charge in [0.15, 0.2) is 17.3 Å². The number of alkyl halides is 3. The van der Waals surface area contributed by atoms with Crippen LogP contribution in [0.25, 0.3) is 5.69 Å². The standard InChI is InChI=1S/C27H28ClF4N7O/c1-36(2)25(40)26(9-10-26)38-14-17-13-18(28)3-5-20(17)39-22(15-38)34-35-24(39)16-7-11-37(12-8-16)21-6-4-19(29)23(33-21)27(30,31)32/h3-6,13,16H,7-12,14-15H2,1-2H3. The van der Waals surface area contributed by atoms with E-state index in [9.17, 15) is 22.4 Å². The molecule has 6 rings (SSSR count). The van der Waals surface area contributed by atoms with Gasteiger partial charge in [0.05, 0.1) is 12.2 Å². The molecule has 1 saturated carbocycles. The number of carbonyl (C=O) groups is 1. The number of hydrogen-bond acceptors (Lipinski definition) is 6. The zero-order valence-electron chi connectivity index (χ0n) is 22.0. The van der Waals surface area contributed by atoms with E-state index in [1.807, 2.05) is 18.2 Å². The number of rotatable bonds is 4. The lowest BCUT2D eigenvalue weighted by atomic mass is 9.95. The summed E-state index contributed by atoms with van der Waals surface area (Å²) in [6.45, 7) is 1.84. The molecule has 1 saturated heterocycles. The van der Waals surface area contributed by atoms with Crippen molar-refractivity contribution in [1.82, 2.24) is 29.5 Å². The largest absolute Gasteiger partial charge is 0.436 e. The fourth-order valence-corrected chi connectivity index (χ4v) is 6.16. The van der Waals surface area contributed by atoms with E-state index in [1.54, 1.807) is 23.9 Å². The van der Waals surface area contributed by atoms with Crippen LogP contribution in [-0.4, -0.2) is 68.2 Å². The number of benzene rings is 1. The Labute approximate surface area is 233 Å². The van der Waals surface area contributed by atoms with Gasteiger partial charge in [-0.25, -0.2) is 9.37 Å². The van der Waals surface area contributed by atoms with E-state index in [4.69, 9.17) is 11.6 Å². The first-order chi connectivity index (χ1) is 19.0. The van der Waals surface area contributed by atoms with E-state index in [1.165, 1.54) is 6.07 Å². The third-order valence-electron chi connectivity index (χ3n) is 8.15. The molecule has 0 radical (unpaired) electrons. The van der Waals surface area contributed by atoms with Crippen LogP contribution in [0, 0.1) is 5.82 Å². The second-order valence-electron chi connectivity index (χ2n) is 10.9. The summed E-state index contributed by atoms with van der Waals surface area (Å²) in [6, 6.07) is 7.78. The van der Waals surface area contributed by atoms with Gasteiger partial charge >= 0.3 is 6.18 Å². The minimum atomic E-state index is -4.86. The maximum atomic E-state index is 13.8. The Bertz CT molecular complexity index is 1460. The van der Waals surface area contributed by atoms with E-state index in [-0.39, 0.29) is 17.6 Å². The van der Waals surface area contributed by atoms with E-state index < -0.39 is 23.2 Å². The van der Waals surface area contributed by atoms with Crippen LogP contribution in [-0.2, 0) is 24.1 Å². The number of halogens is 5. The molecule has 0 bridgehead atoms. The van der Waals surface area contributed by atoms with Gasteiger partial charge in [0, 0.05) is 44.7 Å². The van der Waals surface area contributed by atoms with Crippen LogP contribution in [0.4, 0.5) is 23.4 Å². The van der Waals surface area contributed by atoms with Crippen LogP contribution in [0.1, 0.15) is 54.5 Å². The summed E-state index contributed by atoms with van der Waals surface area (Å²) in [7, 11) is 3.53. The lowest BCUT2D eigenvalue weighted by Gasteiger charge is -2.33. The van der Waals surface area contributed by atoms with Gasteiger partial charge in [0.25, 0.3) is 0 Å². The number of nitrogens with zero attached hydrogens (tertiary/aromatic N) is 7. The number of aromatic nitrogens is 4. The molecule has 1 amide bonds. The fraction of sp³-hybridized carbons (Fsp3) is 0.481. The number of likely N-dealkylation sites (N-methyl/N-ethyl adjacent to an activating group) is 1. The second-order valence-corrected chi connectivity index (χ2v) is 11.4. The molecular formula is C27H28ClF4N7O. The summed E-state index contributed by atoms with van der Waals surface area (Å²) in [6.07, 6.45) is -2.11. The zero-order valence-corrected chi connectivity index (χ0v) is 22.8. The van der Waals surface area contributed by atoms with Crippen molar-refractivity contribution in [3.8, 4) is 5.69 Å². The Morgan fingerprint density at radius 2 is 1.80 bits per heavy atom. The molecule has 2 fully saturated rings. The Balaban J connectivity index is 1.29.